The molecule has 1 aromatic rings. The third-order valence-electron chi connectivity index (χ3n) is 6.81. The van der Waals surface area contributed by atoms with E-state index in [4.69, 9.17) is 9.47 Å². The van der Waals surface area contributed by atoms with E-state index < -0.39 is 0 Å². The standard InChI is InChI=1S/C21H29NO3/c1-14(21-10-15-7-16(11-21)9-17(8-15)12-21)22-20(23)13-25-19-6-4-3-5-18(19)24-2/h3-6,14-17H,7-13H2,1-2H3,(H,22,23)/t14-,15?,16?,17?,21?/m0/s1. The van der Waals surface area contributed by atoms with Gasteiger partial charge in [-0.15, -0.1) is 0 Å². The summed E-state index contributed by atoms with van der Waals surface area (Å²) in [5.74, 6) is 3.93. The molecule has 136 valence electrons. The number of hydrogen-bond donors (Lipinski definition) is 1. The van der Waals surface area contributed by atoms with Crippen LogP contribution in [-0.4, -0.2) is 25.7 Å². The largest absolute Gasteiger partial charge is 0.493 e. The lowest BCUT2D eigenvalue weighted by Gasteiger charge is -2.59. The minimum absolute atomic E-state index is 0.0332. The van der Waals surface area contributed by atoms with E-state index in [-0.39, 0.29) is 18.6 Å². The van der Waals surface area contributed by atoms with Gasteiger partial charge in [-0.05, 0) is 80.8 Å². The number of hydrogen-bond acceptors (Lipinski definition) is 3. The summed E-state index contributed by atoms with van der Waals surface area (Å²) in [6.07, 6.45) is 8.18. The van der Waals surface area contributed by atoms with Crippen LogP contribution in [0.2, 0.25) is 0 Å². The van der Waals surface area contributed by atoms with Crippen LogP contribution in [0.5, 0.6) is 11.5 Å². The predicted molar refractivity (Wildman–Crippen MR) is 96.7 cm³/mol. The summed E-state index contributed by atoms with van der Waals surface area (Å²) in [5.41, 5.74) is 0.328. The first-order chi connectivity index (χ1) is 12.1. The summed E-state index contributed by atoms with van der Waals surface area (Å²) in [5, 5.41) is 3.24. The Hall–Kier alpha value is -1.71. The summed E-state index contributed by atoms with van der Waals surface area (Å²) in [6.45, 7) is 2.24. The lowest BCUT2D eigenvalue weighted by atomic mass is 9.48. The van der Waals surface area contributed by atoms with Gasteiger partial charge in [0.1, 0.15) is 0 Å². The molecule has 0 aromatic heterocycles. The second-order valence-electron chi connectivity index (χ2n) is 8.51. The van der Waals surface area contributed by atoms with Crippen molar-refractivity contribution in [2.45, 2.75) is 51.5 Å². The molecular formula is C21H29NO3. The molecule has 1 atom stereocenters. The Balaban J connectivity index is 1.35. The fourth-order valence-electron chi connectivity index (χ4n) is 6.03. The Kier molecular flexibility index (Phi) is 4.38. The first kappa shape index (κ1) is 16.7. The number of rotatable bonds is 6. The Bertz CT molecular complexity index is 606. The molecule has 4 aliphatic carbocycles. The van der Waals surface area contributed by atoms with E-state index >= 15 is 0 Å². The second-order valence-corrected chi connectivity index (χ2v) is 8.51. The van der Waals surface area contributed by atoms with Gasteiger partial charge in [0.2, 0.25) is 0 Å². The molecule has 0 heterocycles. The number of methoxy groups -OCH3 is 1. The normalized spacial score (nSPS) is 33.8. The molecule has 25 heavy (non-hydrogen) atoms. The van der Waals surface area contributed by atoms with E-state index in [1.807, 2.05) is 24.3 Å². The van der Waals surface area contributed by atoms with Crippen LogP contribution in [0.3, 0.4) is 0 Å². The van der Waals surface area contributed by atoms with Crippen LogP contribution in [0, 0.1) is 23.2 Å². The van der Waals surface area contributed by atoms with Gasteiger partial charge in [0, 0.05) is 6.04 Å². The minimum Gasteiger partial charge on any atom is -0.493 e. The number of benzene rings is 1. The van der Waals surface area contributed by atoms with Gasteiger partial charge >= 0.3 is 0 Å². The van der Waals surface area contributed by atoms with E-state index in [2.05, 4.69) is 12.2 Å². The topological polar surface area (TPSA) is 47.6 Å². The van der Waals surface area contributed by atoms with Gasteiger partial charge in [0.25, 0.3) is 5.91 Å². The van der Waals surface area contributed by atoms with Gasteiger partial charge in [0.05, 0.1) is 7.11 Å². The number of carbonyl (C=O) groups excluding carboxylic acids is 1. The molecule has 0 saturated heterocycles. The maximum atomic E-state index is 12.4. The fourth-order valence-corrected chi connectivity index (χ4v) is 6.03. The molecule has 0 aliphatic heterocycles. The van der Waals surface area contributed by atoms with Crippen molar-refractivity contribution in [2.24, 2.45) is 23.2 Å². The maximum absolute atomic E-state index is 12.4. The van der Waals surface area contributed by atoms with Crippen molar-refractivity contribution in [1.82, 2.24) is 5.32 Å². The molecule has 4 saturated carbocycles. The van der Waals surface area contributed by atoms with Crippen LogP contribution in [0.15, 0.2) is 24.3 Å². The second kappa shape index (κ2) is 6.54. The highest BCUT2D eigenvalue weighted by molar-refractivity contribution is 5.78. The summed E-state index contributed by atoms with van der Waals surface area (Å²) in [7, 11) is 1.61. The lowest BCUT2D eigenvalue weighted by molar-refractivity contribution is -0.127. The molecule has 0 spiro atoms. The molecule has 4 aliphatic rings. The fraction of sp³-hybridized carbons (Fsp3) is 0.667. The summed E-state index contributed by atoms with van der Waals surface area (Å²) >= 11 is 0. The van der Waals surface area contributed by atoms with Crippen LogP contribution in [0.1, 0.15) is 45.4 Å². The van der Waals surface area contributed by atoms with E-state index in [0.29, 0.717) is 16.9 Å². The maximum Gasteiger partial charge on any atom is 0.258 e. The minimum atomic E-state index is -0.0332. The first-order valence-corrected chi connectivity index (χ1v) is 9.63. The van der Waals surface area contributed by atoms with Crippen LogP contribution < -0.4 is 14.8 Å². The molecule has 4 nitrogen and oxygen atoms in total. The monoisotopic (exact) mass is 343 g/mol. The molecular weight excluding hydrogens is 314 g/mol. The molecule has 1 N–H and O–H groups in total. The molecule has 0 radical (unpaired) electrons. The predicted octanol–water partition coefficient (Wildman–Crippen LogP) is 3.80. The molecule has 4 bridgehead atoms. The molecule has 5 rings (SSSR count). The van der Waals surface area contributed by atoms with Gasteiger partial charge < -0.3 is 14.8 Å². The molecule has 0 unspecified atom stereocenters. The number of ether oxygens (including phenoxy) is 2. The number of carbonyl (C=O) groups is 1. The Morgan fingerprint density at radius 3 is 2.24 bits per heavy atom. The van der Waals surface area contributed by atoms with Gasteiger partial charge in [-0.1, -0.05) is 12.1 Å². The van der Waals surface area contributed by atoms with Crippen molar-refractivity contribution in [3.63, 3.8) is 0 Å². The highest BCUT2D eigenvalue weighted by Crippen LogP contribution is 2.61. The number of nitrogens with one attached hydrogen (secondary N) is 1. The third kappa shape index (κ3) is 3.23. The Morgan fingerprint density at radius 1 is 1.12 bits per heavy atom. The van der Waals surface area contributed by atoms with Crippen LogP contribution >= 0.6 is 0 Å². The van der Waals surface area contributed by atoms with Gasteiger partial charge in [-0.2, -0.15) is 0 Å². The summed E-state index contributed by atoms with van der Waals surface area (Å²) < 4.78 is 10.9. The average Bonchev–Trinajstić information content (AvgIpc) is 2.59. The van der Waals surface area contributed by atoms with E-state index in [1.165, 1.54) is 38.5 Å². The SMILES string of the molecule is COc1ccccc1OCC(=O)N[C@@H](C)C12CC3CC(CC(C3)C1)C2. The first-order valence-electron chi connectivity index (χ1n) is 9.63. The molecule has 1 aromatic carbocycles. The number of para-hydroxylation sites is 2. The van der Waals surface area contributed by atoms with Crippen molar-refractivity contribution in [1.29, 1.82) is 0 Å². The van der Waals surface area contributed by atoms with Gasteiger partial charge in [0.15, 0.2) is 18.1 Å². The van der Waals surface area contributed by atoms with Crippen molar-refractivity contribution in [3.8, 4) is 11.5 Å². The van der Waals surface area contributed by atoms with E-state index in [9.17, 15) is 4.79 Å². The average molecular weight is 343 g/mol. The zero-order valence-corrected chi connectivity index (χ0v) is 15.3. The molecule has 4 heteroatoms. The zero-order valence-electron chi connectivity index (χ0n) is 15.3. The summed E-state index contributed by atoms with van der Waals surface area (Å²) in [4.78, 5) is 12.4. The summed E-state index contributed by atoms with van der Waals surface area (Å²) in [6, 6.07) is 7.67. The van der Waals surface area contributed by atoms with Crippen molar-refractivity contribution >= 4 is 5.91 Å². The van der Waals surface area contributed by atoms with Crippen molar-refractivity contribution in [3.05, 3.63) is 24.3 Å². The van der Waals surface area contributed by atoms with E-state index in [1.54, 1.807) is 7.11 Å². The van der Waals surface area contributed by atoms with Gasteiger partial charge in [-0.25, -0.2) is 0 Å². The van der Waals surface area contributed by atoms with E-state index in [0.717, 1.165) is 17.8 Å². The number of amides is 1. The van der Waals surface area contributed by atoms with Gasteiger partial charge in [-0.3, -0.25) is 4.79 Å². The van der Waals surface area contributed by atoms with Crippen LogP contribution in [0.25, 0.3) is 0 Å². The quantitative estimate of drug-likeness (QED) is 0.855. The van der Waals surface area contributed by atoms with Crippen LogP contribution in [0.4, 0.5) is 0 Å². The lowest BCUT2D eigenvalue weighted by Crippen LogP contribution is -2.56. The highest BCUT2D eigenvalue weighted by atomic mass is 16.5. The highest BCUT2D eigenvalue weighted by Gasteiger charge is 2.53. The van der Waals surface area contributed by atoms with Crippen LogP contribution in [-0.2, 0) is 4.79 Å². The molecule has 4 fully saturated rings. The van der Waals surface area contributed by atoms with Crippen molar-refractivity contribution < 1.29 is 14.3 Å². The Morgan fingerprint density at radius 2 is 1.68 bits per heavy atom. The zero-order chi connectivity index (χ0) is 17.4. The van der Waals surface area contributed by atoms with Crippen molar-refractivity contribution in [2.75, 3.05) is 13.7 Å². The smallest absolute Gasteiger partial charge is 0.258 e. The Labute approximate surface area is 150 Å². The third-order valence-corrected chi connectivity index (χ3v) is 6.81. The molecule has 1 amide bonds.